The molecule has 0 radical (unpaired) electrons. The summed E-state index contributed by atoms with van der Waals surface area (Å²) in [4.78, 5) is 0. The molecule has 2 aliphatic rings. The summed E-state index contributed by atoms with van der Waals surface area (Å²) in [6.45, 7) is 4.28. The summed E-state index contributed by atoms with van der Waals surface area (Å²) in [7, 11) is 0. The average molecular weight is 417 g/mol. The fourth-order valence-corrected chi connectivity index (χ4v) is 5.66. The largest absolute Gasteiger partial charge is 0.486 e. The van der Waals surface area contributed by atoms with Crippen LogP contribution < -0.4 is 4.74 Å². The van der Waals surface area contributed by atoms with Crippen LogP contribution in [-0.2, 0) is 0 Å². The molecule has 2 fully saturated rings. The van der Waals surface area contributed by atoms with E-state index in [4.69, 9.17) is 4.74 Å². The normalized spacial score (nSPS) is 26.8. The number of ether oxygens (including phenoxy) is 1. The van der Waals surface area contributed by atoms with Gasteiger partial charge in [0.25, 0.3) is 0 Å². The Morgan fingerprint density at radius 2 is 1.73 bits per heavy atom. The zero-order valence-corrected chi connectivity index (χ0v) is 17.9. The maximum absolute atomic E-state index is 15.1. The number of hydrogen-bond donors (Lipinski definition) is 0. The maximum atomic E-state index is 15.1. The Morgan fingerprint density at radius 1 is 0.967 bits per heavy atom. The van der Waals surface area contributed by atoms with Crippen molar-refractivity contribution < 1.29 is 17.9 Å². The third-order valence-electron chi connectivity index (χ3n) is 7.42. The summed E-state index contributed by atoms with van der Waals surface area (Å²) in [5.41, 5.74) is 0.415. The molecule has 0 spiro atoms. The first-order valence-electron chi connectivity index (χ1n) is 11.4. The highest BCUT2D eigenvalue weighted by Crippen LogP contribution is 2.49. The number of allylic oxidation sites excluding steroid dienone is 1. The second-order valence-corrected chi connectivity index (χ2v) is 9.07. The Kier molecular flexibility index (Phi) is 6.40. The van der Waals surface area contributed by atoms with Crippen molar-refractivity contribution in [2.75, 3.05) is 6.61 Å². The number of benzene rings is 2. The lowest BCUT2D eigenvalue weighted by molar-refractivity contribution is 0.115. The molecule has 2 aliphatic carbocycles. The Labute approximate surface area is 177 Å². The number of hydrogen-bond acceptors (Lipinski definition) is 1. The van der Waals surface area contributed by atoms with Crippen molar-refractivity contribution in [1.29, 1.82) is 0 Å². The zero-order chi connectivity index (χ0) is 21.3. The molecule has 4 heteroatoms. The lowest BCUT2D eigenvalue weighted by atomic mass is 9.63. The molecule has 0 saturated heterocycles. The second-order valence-electron chi connectivity index (χ2n) is 9.07. The molecule has 4 atom stereocenters. The van der Waals surface area contributed by atoms with Crippen LogP contribution in [0.2, 0.25) is 0 Å². The van der Waals surface area contributed by atoms with Crippen molar-refractivity contribution in [3.8, 4) is 5.75 Å². The van der Waals surface area contributed by atoms with Crippen molar-refractivity contribution in [3.63, 3.8) is 0 Å². The molecule has 4 rings (SSSR count). The van der Waals surface area contributed by atoms with Gasteiger partial charge in [-0.05, 0) is 85.8 Å². The molecule has 162 valence electrons. The minimum absolute atomic E-state index is 0.0111. The summed E-state index contributed by atoms with van der Waals surface area (Å²) in [5, 5.41) is 0.0861. The smallest absolute Gasteiger partial charge is 0.175 e. The van der Waals surface area contributed by atoms with E-state index in [1.165, 1.54) is 31.7 Å². The Balaban J connectivity index is 1.61. The monoisotopic (exact) mass is 416 g/mol. The van der Waals surface area contributed by atoms with Crippen molar-refractivity contribution >= 4 is 10.8 Å². The highest BCUT2D eigenvalue weighted by Gasteiger charge is 2.37. The summed E-state index contributed by atoms with van der Waals surface area (Å²) in [6, 6.07) is 4.80. The van der Waals surface area contributed by atoms with Crippen LogP contribution in [0.3, 0.4) is 0 Å². The molecule has 2 aromatic rings. The predicted molar refractivity (Wildman–Crippen MR) is 115 cm³/mol. The van der Waals surface area contributed by atoms with Gasteiger partial charge in [0.05, 0.1) is 5.39 Å². The maximum Gasteiger partial charge on any atom is 0.175 e. The molecule has 2 saturated carbocycles. The van der Waals surface area contributed by atoms with Gasteiger partial charge < -0.3 is 4.74 Å². The first-order valence-corrected chi connectivity index (χ1v) is 11.4. The molecule has 0 aromatic heterocycles. The average Bonchev–Trinajstić information content (AvgIpc) is 2.77. The van der Waals surface area contributed by atoms with Gasteiger partial charge in [0.1, 0.15) is 6.61 Å². The summed E-state index contributed by atoms with van der Waals surface area (Å²) in [5.74, 6) is -0.708. The number of fused-ring (bicyclic) bond motifs is 2. The topological polar surface area (TPSA) is 9.23 Å². The number of rotatable bonds is 5. The van der Waals surface area contributed by atoms with E-state index in [0.29, 0.717) is 16.9 Å². The molecule has 0 aliphatic heterocycles. The Morgan fingerprint density at radius 3 is 2.50 bits per heavy atom. The fraction of sp³-hybridized carbons (Fsp3) is 0.538. The minimum atomic E-state index is -1.09. The van der Waals surface area contributed by atoms with Crippen LogP contribution in [0, 0.1) is 35.2 Å². The molecular weight excluding hydrogens is 385 g/mol. The van der Waals surface area contributed by atoms with Gasteiger partial charge in [-0.25, -0.2) is 13.2 Å². The van der Waals surface area contributed by atoms with Gasteiger partial charge in [-0.3, -0.25) is 0 Å². The quantitative estimate of drug-likeness (QED) is 0.450. The van der Waals surface area contributed by atoms with Gasteiger partial charge in [0, 0.05) is 0 Å². The van der Waals surface area contributed by atoms with Crippen molar-refractivity contribution in [3.05, 3.63) is 53.4 Å². The van der Waals surface area contributed by atoms with Crippen LogP contribution in [0.5, 0.6) is 5.75 Å². The van der Waals surface area contributed by atoms with Crippen LogP contribution in [0.4, 0.5) is 13.2 Å². The predicted octanol–water partition coefficient (Wildman–Crippen LogP) is 7.92. The van der Waals surface area contributed by atoms with E-state index in [0.717, 1.165) is 31.1 Å². The molecule has 30 heavy (non-hydrogen) atoms. The van der Waals surface area contributed by atoms with Crippen molar-refractivity contribution in [1.82, 2.24) is 0 Å². The Bertz CT molecular complexity index is 936. The highest BCUT2D eigenvalue weighted by molar-refractivity contribution is 5.86. The second kappa shape index (κ2) is 9.03. The van der Waals surface area contributed by atoms with Crippen molar-refractivity contribution in [2.24, 2.45) is 17.8 Å². The molecule has 2 aromatic carbocycles. The lowest BCUT2D eigenvalue weighted by Crippen LogP contribution is -2.30. The molecular formula is C26H31F3O. The summed E-state index contributed by atoms with van der Waals surface area (Å²) >= 11 is 0. The zero-order valence-electron chi connectivity index (χ0n) is 17.9. The lowest BCUT2D eigenvalue weighted by Gasteiger charge is -2.42. The van der Waals surface area contributed by atoms with E-state index < -0.39 is 17.5 Å². The van der Waals surface area contributed by atoms with Crippen molar-refractivity contribution in [2.45, 2.75) is 64.7 Å². The van der Waals surface area contributed by atoms with Gasteiger partial charge in [-0.15, -0.1) is 0 Å². The van der Waals surface area contributed by atoms with E-state index in [-0.39, 0.29) is 23.7 Å². The van der Waals surface area contributed by atoms with E-state index in [1.807, 2.05) is 6.92 Å². The van der Waals surface area contributed by atoms with E-state index in [1.54, 1.807) is 24.3 Å². The molecule has 4 unspecified atom stereocenters. The van der Waals surface area contributed by atoms with E-state index in [2.05, 4.69) is 6.92 Å². The SMILES string of the molecule is CC=CCOc1ccc2cc(C3CCC4CC(CC)CCC4C3)c(F)c(F)c2c1F. The summed E-state index contributed by atoms with van der Waals surface area (Å²) < 4.78 is 50.3. The van der Waals surface area contributed by atoms with Gasteiger partial charge in [0.15, 0.2) is 23.2 Å². The third kappa shape index (κ3) is 3.98. The van der Waals surface area contributed by atoms with E-state index >= 15 is 4.39 Å². The van der Waals surface area contributed by atoms with Crippen LogP contribution in [-0.4, -0.2) is 6.61 Å². The molecule has 0 amide bonds. The Hall–Kier alpha value is -1.97. The van der Waals surface area contributed by atoms with Crippen LogP contribution >= 0.6 is 0 Å². The summed E-state index contributed by atoms with van der Waals surface area (Å²) in [6.07, 6.45) is 11.4. The van der Waals surface area contributed by atoms with Crippen LogP contribution in [0.25, 0.3) is 10.8 Å². The minimum Gasteiger partial charge on any atom is -0.486 e. The standard InChI is InChI=1S/C26H31F3O/c1-3-5-12-30-22-11-10-20-15-21(24(27)26(29)23(20)25(22)28)19-9-8-17-13-16(4-2)6-7-18(17)14-19/h3,5,10-11,15-19H,4,6-9,12-14H2,1-2H3. The van der Waals surface area contributed by atoms with Gasteiger partial charge in [-0.1, -0.05) is 38.0 Å². The molecule has 1 nitrogen and oxygen atoms in total. The molecule has 0 heterocycles. The van der Waals surface area contributed by atoms with Gasteiger partial charge in [-0.2, -0.15) is 0 Å². The fourth-order valence-electron chi connectivity index (χ4n) is 5.66. The molecule has 0 N–H and O–H groups in total. The van der Waals surface area contributed by atoms with E-state index in [9.17, 15) is 8.78 Å². The van der Waals surface area contributed by atoms with Gasteiger partial charge >= 0.3 is 0 Å². The third-order valence-corrected chi connectivity index (χ3v) is 7.42. The van der Waals surface area contributed by atoms with Gasteiger partial charge in [0.2, 0.25) is 0 Å². The molecule has 0 bridgehead atoms. The number of halogens is 3. The van der Waals surface area contributed by atoms with Crippen LogP contribution in [0.15, 0.2) is 30.4 Å². The highest BCUT2D eigenvalue weighted by atomic mass is 19.2. The first-order chi connectivity index (χ1) is 14.5. The first kappa shape index (κ1) is 21.3. The van der Waals surface area contributed by atoms with Crippen LogP contribution in [0.1, 0.15) is 70.3 Å².